The van der Waals surface area contributed by atoms with Crippen LogP contribution in [0.2, 0.25) is 0 Å². The second-order valence-electron chi connectivity index (χ2n) is 10.8. The molecular formula is C36H35F3N2O10. The van der Waals surface area contributed by atoms with E-state index < -0.39 is 49.0 Å². The van der Waals surface area contributed by atoms with Crippen LogP contribution in [0, 0.1) is 0 Å². The van der Waals surface area contributed by atoms with Crippen molar-refractivity contribution in [3.05, 3.63) is 131 Å². The van der Waals surface area contributed by atoms with Crippen LogP contribution in [-0.2, 0) is 45.1 Å². The largest absolute Gasteiger partial charge is 0.508 e. The van der Waals surface area contributed by atoms with Gasteiger partial charge in [0, 0.05) is 12.8 Å². The summed E-state index contributed by atoms with van der Waals surface area (Å²) in [6, 6.07) is 27.2. The number of alkyl halides is 3. The third-order valence-corrected chi connectivity index (χ3v) is 6.75. The lowest BCUT2D eigenvalue weighted by atomic mass is 10.1. The summed E-state index contributed by atoms with van der Waals surface area (Å²) in [7, 11) is 0. The molecule has 4 rings (SSSR count). The maximum Gasteiger partial charge on any atom is 0.422 e. The summed E-state index contributed by atoms with van der Waals surface area (Å²) in [4.78, 5) is 46.2. The second-order valence-corrected chi connectivity index (χ2v) is 10.8. The average molecular weight is 713 g/mol. The van der Waals surface area contributed by atoms with Crippen LogP contribution in [0.25, 0.3) is 0 Å². The number of phenols is 1. The first kappa shape index (κ1) is 39.2. The molecule has 0 fully saturated rings. The maximum atomic E-state index is 12.1. The molecule has 51 heavy (non-hydrogen) atoms. The molecule has 270 valence electrons. The van der Waals surface area contributed by atoms with Gasteiger partial charge in [-0.3, -0.25) is 0 Å². The molecule has 0 heterocycles. The fraction of sp³-hybridized carbons (Fsp3) is 0.222. The van der Waals surface area contributed by atoms with Gasteiger partial charge in [-0.2, -0.15) is 13.2 Å². The molecule has 0 aliphatic carbocycles. The molecule has 0 bridgehead atoms. The fourth-order valence-electron chi connectivity index (χ4n) is 4.20. The van der Waals surface area contributed by atoms with Gasteiger partial charge in [-0.05, 0) is 46.5 Å². The summed E-state index contributed by atoms with van der Waals surface area (Å²) in [6.07, 6.45) is -6.11. The van der Waals surface area contributed by atoms with Crippen LogP contribution in [0.3, 0.4) is 0 Å². The zero-order valence-corrected chi connectivity index (χ0v) is 26.9. The molecule has 0 radical (unpaired) electrons. The lowest BCUT2D eigenvalue weighted by molar-refractivity contribution is -0.153. The van der Waals surface area contributed by atoms with Crippen LogP contribution in [-0.4, -0.2) is 64.3 Å². The first-order valence-corrected chi connectivity index (χ1v) is 15.2. The Labute approximate surface area is 290 Å². The number of hydrogen-bond donors (Lipinski definition) is 5. The lowest BCUT2D eigenvalue weighted by Gasteiger charge is -2.15. The molecule has 4 aromatic carbocycles. The van der Waals surface area contributed by atoms with Gasteiger partial charge in [0.1, 0.15) is 36.8 Å². The molecule has 0 saturated carbocycles. The number of carboxylic acids is 2. The van der Waals surface area contributed by atoms with Gasteiger partial charge in [0.15, 0.2) is 6.61 Å². The number of amides is 2. The highest BCUT2D eigenvalue weighted by atomic mass is 19.4. The Hall–Kier alpha value is -6.25. The van der Waals surface area contributed by atoms with Gasteiger partial charge in [-0.15, -0.1) is 0 Å². The number of ether oxygens (including phenoxy) is 3. The number of nitrogens with one attached hydrogen (secondary N) is 2. The molecule has 0 aromatic heterocycles. The molecule has 0 aliphatic rings. The average Bonchev–Trinajstić information content (AvgIpc) is 3.10. The van der Waals surface area contributed by atoms with Crippen molar-refractivity contribution in [3.8, 4) is 11.5 Å². The summed E-state index contributed by atoms with van der Waals surface area (Å²) >= 11 is 0. The minimum Gasteiger partial charge on any atom is -0.508 e. The topological polar surface area (TPSA) is 181 Å². The molecule has 0 spiro atoms. The number of aromatic hydroxyl groups is 1. The number of carbonyl (C=O) groups is 4. The van der Waals surface area contributed by atoms with Gasteiger partial charge in [0.2, 0.25) is 0 Å². The quantitative estimate of drug-likeness (QED) is 0.106. The van der Waals surface area contributed by atoms with E-state index in [4.69, 9.17) is 9.47 Å². The molecule has 0 aliphatic heterocycles. The highest BCUT2D eigenvalue weighted by Crippen LogP contribution is 2.19. The molecule has 15 heteroatoms. The summed E-state index contributed by atoms with van der Waals surface area (Å²) in [5, 5.41) is 32.3. The van der Waals surface area contributed by atoms with Crippen LogP contribution < -0.4 is 15.4 Å². The summed E-state index contributed by atoms with van der Waals surface area (Å²) in [6.45, 7) is -1.36. The van der Waals surface area contributed by atoms with Gasteiger partial charge in [0.05, 0.1) is 0 Å². The number of rotatable bonds is 14. The van der Waals surface area contributed by atoms with E-state index in [-0.39, 0.29) is 37.6 Å². The van der Waals surface area contributed by atoms with Gasteiger partial charge in [-0.25, -0.2) is 19.2 Å². The monoisotopic (exact) mass is 712 g/mol. The molecule has 2 atom stereocenters. The van der Waals surface area contributed by atoms with Crippen LogP contribution in [0.4, 0.5) is 22.8 Å². The van der Waals surface area contributed by atoms with Crippen LogP contribution in [0.5, 0.6) is 11.5 Å². The van der Waals surface area contributed by atoms with Crippen molar-refractivity contribution in [1.29, 1.82) is 0 Å². The number of hydrogen-bond acceptors (Lipinski definition) is 8. The highest BCUT2D eigenvalue weighted by Gasteiger charge is 2.28. The molecule has 1 unspecified atom stereocenters. The number of halogens is 3. The number of carboxylic acid groups (broad SMARTS) is 2. The van der Waals surface area contributed by atoms with Crippen molar-refractivity contribution in [1.82, 2.24) is 10.6 Å². The number of phenolic OH excluding ortho intramolecular Hbond substituents is 1. The zero-order chi connectivity index (χ0) is 37.2. The smallest absolute Gasteiger partial charge is 0.422 e. The van der Waals surface area contributed by atoms with E-state index in [2.05, 4.69) is 15.4 Å². The first-order valence-electron chi connectivity index (χ1n) is 15.2. The molecule has 12 nitrogen and oxygen atoms in total. The van der Waals surface area contributed by atoms with E-state index in [0.29, 0.717) is 11.1 Å². The van der Waals surface area contributed by atoms with E-state index in [1.54, 1.807) is 48.5 Å². The Kier molecular flexibility index (Phi) is 15.1. The van der Waals surface area contributed by atoms with Crippen molar-refractivity contribution in [3.63, 3.8) is 0 Å². The molecular weight excluding hydrogens is 677 g/mol. The summed E-state index contributed by atoms with van der Waals surface area (Å²) in [5.74, 6) is -2.33. The predicted octanol–water partition coefficient (Wildman–Crippen LogP) is 5.86. The summed E-state index contributed by atoms with van der Waals surface area (Å²) < 4.78 is 51.0. The fourth-order valence-corrected chi connectivity index (χ4v) is 4.20. The van der Waals surface area contributed by atoms with Crippen LogP contribution in [0.1, 0.15) is 22.3 Å². The van der Waals surface area contributed by atoms with Crippen LogP contribution >= 0.6 is 0 Å². The van der Waals surface area contributed by atoms with Gasteiger partial charge in [-0.1, -0.05) is 84.9 Å². The van der Waals surface area contributed by atoms with Gasteiger partial charge in [0.25, 0.3) is 0 Å². The molecule has 0 saturated heterocycles. The number of carbonyl (C=O) groups excluding carboxylic acids is 2. The number of aliphatic carboxylic acids is 2. The van der Waals surface area contributed by atoms with Crippen molar-refractivity contribution < 1.29 is 61.9 Å². The van der Waals surface area contributed by atoms with E-state index in [9.17, 15) is 47.7 Å². The lowest BCUT2D eigenvalue weighted by Crippen LogP contribution is -2.42. The minimum atomic E-state index is -4.45. The molecule has 4 aromatic rings. The Bertz CT molecular complexity index is 1690. The normalized spacial score (nSPS) is 11.8. The Morgan fingerprint density at radius 2 is 0.980 bits per heavy atom. The molecule has 2 amide bonds. The van der Waals surface area contributed by atoms with Crippen molar-refractivity contribution in [2.45, 2.75) is 44.3 Å². The summed E-state index contributed by atoms with van der Waals surface area (Å²) in [5.41, 5.74) is 2.74. The SMILES string of the molecule is O=C(NC(Cc1ccc(OCC(F)(F)F)cc1)C(=O)O)OCc1ccccc1.O=C(N[C@H](Cc1ccc(O)cc1)C(=O)O)OCc1ccccc1. The third kappa shape index (κ3) is 15.7. The Morgan fingerprint density at radius 3 is 1.35 bits per heavy atom. The highest BCUT2D eigenvalue weighted by molar-refractivity contribution is 5.81. The predicted molar refractivity (Wildman–Crippen MR) is 176 cm³/mol. The number of benzene rings is 4. The Morgan fingerprint density at radius 1 is 0.588 bits per heavy atom. The molecule has 5 N–H and O–H groups in total. The van der Waals surface area contributed by atoms with E-state index in [1.807, 2.05) is 24.3 Å². The van der Waals surface area contributed by atoms with E-state index in [1.165, 1.54) is 36.4 Å². The Balaban J connectivity index is 0.000000281. The van der Waals surface area contributed by atoms with E-state index >= 15 is 0 Å². The number of alkyl carbamates (subject to hydrolysis) is 2. The minimum absolute atomic E-state index is 0.00294. The zero-order valence-electron chi connectivity index (χ0n) is 26.9. The van der Waals surface area contributed by atoms with Crippen LogP contribution in [0.15, 0.2) is 109 Å². The van der Waals surface area contributed by atoms with Gasteiger partial charge >= 0.3 is 30.3 Å². The van der Waals surface area contributed by atoms with Gasteiger partial charge < -0.3 is 40.2 Å². The van der Waals surface area contributed by atoms with Crippen molar-refractivity contribution in [2.24, 2.45) is 0 Å². The van der Waals surface area contributed by atoms with Crippen molar-refractivity contribution >= 4 is 24.1 Å². The van der Waals surface area contributed by atoms with Crippen molar-refractivity contribution in [2.75, 3.05) is 6.61 Å². The third-order valence-electron chi connectivity index (χ3n) is 6.75. The van der Waals surface area contributed by atoms with E-state index in [0.717, 1.165) is 11.1 Å². The standard InChI is InChI=1S/C19H18F3NO5.C17H17NO5/c20-19(21,22)12-28-15-8-6-13(7-9-15)10-16(17(24)25)23-18(26)27-11-14-4-2-1-3-5-14;19-14-8-6-12(7-9-14)10-15(16(20)21)18-17(22)23-11-13-4-2-1-3-5-13/h1-9,16H,10-12H2,(H,23,26)(H,24,25);1-9,15,19H,10-11H2,(H,18,22)(H,20,21)/t;15-/m.1/s1. The maximum absolute atomic E-state index is 12.1. The first-order chi connectivity index (χ1) is 24.3. The second kappa shape index (κ2) is 19.7.